The summed E-state index contributed by atoms with van der Waals surface area (Å²) >= 11 is 0. The van der Waals surface area contributed by atoms with Crippen LogP contribution in [0.15, 0.2) is 60.9 Å². The third kappa shape index (κ3) is 4.34. The first kappa shape index (κ1) is 18.1. The first-order chi connectivity index (χ1) is 13.8. The van der Waals surface area contributed by atoms with Crippen molar-refractivity contribution in [2.45, 2.75) is 25.7 Å². The number of aromatic nitrogens is 3. The zero-order valence-electron chi connectivity index (χ0n) is 15.7. The van der Waals surface area contributed by atoms with Crippen molar-refractivity contribution in [3.05, 3.63) is 66.5 Å². The first-order valence-corrected chi connectivity index (χ1v) is 9.70. The van der Waals surface area contributed by atoms with Gasteiger partial charge >= 0.3 is 0 Å². The Morgan fingerprint density at radius 1 is 0.893 bits per heavy atom. The summed E-state index contributed by atoms with van der Waals surface area (Å²) in [7, 11) is 0. The van der Waals surface area contributed by atoms with Gasteiger partial charge in [-0.3, -0.25) is 9.78 Å². The monoisotopic (exact) mass is 373 g/mol. The Labute approximate surface area is 164 Å². The van der Waals surface area contributed by atoms with E-state index in [2.05, 4.69) is 25.4 Å². The van der Waals surface area contributed by atoms with E-state index in [1.807, 2.05) is 36.4 Å². The number of nitrogens with zero attached hydrogens (tertiary/aromatic N) is 4. The Morgan fingerprint density at radius 3 is 2.32 bits per heavy atom. The predicted molar refractivity (Wildman–Crippen MR) is 110 cm³/mol. The van der Waals surface area contributed by atoms with Gasteiger partial charge in [-0.05, 0) is 49.2 Å². The minimum Gasteiger partial charge on any atom is -0.355 e. The van der Waals surface area contributed by atoms with Gasteiger partial charge in [-0.2, -0.15) is 0 Å². The number of amides is 1. The van der Waals surface area contributed by atoms with Crippen molar-refractivity contribution in [3.8, 4) is 11.3 Å². The number of nitrogens with one attached hydrogen (secondary N) is 1. The largest absolute Gasteiger partial charge is 0.355 e. The van der Waals surface area contributed by atoms with E-state index in [-0.39, 0.29) is 5.91 Å². The topological polar surface area (TPSA) is 71.0 Å². The molecule has 4 rings (SSSR count). The van der Waals surface area contributed by atoms with Gasteiger partial charge in [0.15, 0.2) is 5.82 Å². The number of hydrogen-bond acceptors (Lipinski definition) is 5. The maximum absolute atomic E-state index is 12.2. The van der Waals surface area contributed by atoms with Crippen LogP contribution in [0.4, 0.5) is 11.5 Å². The summed E-state index contributed by atoms with van der Waals surface area (Å²) in [6, 6.07) is 15.2. The number of pyridine rings is 1. The summed E-state index contributed by atoms with van der Waals surface area (Å²) in [6.45, 7) is 2.11. The molecule has 1 N–H and O–H groups in total. The van der Waals surface area contributed by atoms with E-state index in [0.29, 0.717) is 5.56 Å². The van der Waals surface area contributed by atoms with Gasteiger partial charge in [-0.15, -0.1) is 10.2 Å². The fraction of sp³-hybridized carbons (Fsp3) is 0.273. The SMILES string of the molecule is O=C(Nc1ccc(-c2ccc(N3CCCCCC3)nn2)cc1)c1cccnc1. The van der Waals surface area contributed by atoms with Crippen LogP contribution in [-0.4, -0.2) is 34.2 Å². The molecule has 1 amide bonds. The Morgan fingerprint density at radius 2 is 1.68 bits per heavy atom. The molecule has 0 aliphatic carbocycles. The molecule has 2 aromatic heterocycles. The fourth-order valence-electron chi connectivity index (χ4n) is 3.37. The maximum Gasteiger partial charge on any atom is 0.257 e. The van der Waals surface area contributed by atoms with Gasteiger partial charge in [0.25, 0.3) is 5.91 Å². The highest BCUT2D eigenvalue weighted by Crippen LogP contribution is 2.22. The molecular weight excluding hydrogens is 350 g/mol. The molecule has 0 radical (unpaired) electrons. The number of anilines is 2. The maximum atomic E-state index is 12.2. The lowest BCUT2D eigenvalue weighted by Gasteiger charge is -2.20. The first-order valence-electron chi connectivity index (χ1n) is 9.70. The second-order valence-electron chi connectivity index (χ2n) is 6.95. The fourth-order valence-corrected chi connectivity index (χ4v) is 3.37. The minimum absolute atomic E-state index is 0.178. The molecular formula is C22H23N5O. The summed E-state index contributed by atoms with van der Waals surface area (Å²) in [6.07, 6.45) is 8.22. The van der Waals surface area contributed by atoms with Crippen molar-refractivity contribution in [1.82, 2.24) is 15.2 Å². The Balaban J connectivity index is 1.43. The quantitative estimate of drug-likeness (QED) is 0.743. The summed E-state index contributed by atoms with van der Waals surface area (Å²) in [5, 5.41) is 11.7. The average Bonchev–Trinajstić information content (AvgIpc) is 3.05. The molecule has 1 fully saturated rings. The summed E-state index contributed by atoms with van der Waals surface area (Å²) in [4.78, 5) is 18.5. The van der Waals surface area contributed by atoms with Crippen LogP contribution >= 0.6 is 0 Å². The average molecular weight is 373 g/mol. The number of carbonyl (C=O) groups excluding carboxylic acids is 1. The van der Waals surface area contributed by atoms with Gasteiger partial charge < -0.3 is 10.2 Å². The predicted octanol–water partition coefficient (Wildman–Crippen LogP) is 4.17. The van der Waals surface area contributed by atoms with Crippen LogP contribution < -0.4 is 10.2 Å². The molecule has 1 aliphatic rings. The molecule has 1 aromatic carbocycles. The highest BCUT2D eigenvalue weighted by molar-refractivity contribution is 6.04. The van der Waals surface area contributed by atoms with Crippen LogP contribution in [0, 0.1) is 0 Å². The van der Waals surface area contributed by atoms with Crippen LogP contribution in [-0.2, 0) is 0 Å². The van der Waals surface area contributed by atoms with Gasteiger partial charge in [-0.25, -0.2) is 0 Å². The zero-order valence-corrected chi connectivity index (χ0v) is 15.7. The Kier molecular flexibility index (Phi) is 5.56. The van der Waals surface area contributed by atoms with E-state index < -0.39 is 0 Å². The van der Waals surface area contributed by atoms with E-state index in [1.54, 1.807) is 24.5 Å². The number of benzene rings is 1. The lowest BCUT2D eigenvalue weighted by Crippen LogP contribution is -2.25. The molecule has 28 heavy (non-hydrogen) atoms. The number of carbonyl (C=O) groups is 1. The number of hydrogen-bond donors (Lipinski definition) is 1. The van der Waals surface area contributed by atoms with E-state index >= 15 is 0 Å². The molecule has 142 valence electrons. The molecule has 6 heteroatoms. The molecule has 0 atom stereocenters. The summed E-state index contributed by atoms with van der Waals surface area (Å²) in [5.74, 6) is 0.772. The Hall–Kier alpha value is -3.28. The van der Waals surface area contributed by atoms with E-state index in [1.165, 1.54) is 25.7 Å². The minimum atomic E-state index is -0.178. The van der Waals surface area contributed by atoms with Crippen molar-refractivity contribution in [1.29, 1.82) is 0 Å². The molecule has 0 bridgehead atoms. The highest BCUT2D eigenvalue weighted by Gasteiger charge is 2.12. The third-order valence-electron chi connectivity index (χ3n) is 4.94. The standard InChI is InChI=1S/C22H23N5O/c28-22(18-6-5-13-23-16-18)24-19-9-7-17(8-10-19)20-11-12-21(26-25-20)27-14-3-1-2-4-15-27/h5-13,16H,1-4,14-15H2,(H,24,28). The molecule has 0 saturated carbocycles. The molecule has 3 heterocycles. The third-order valence-corrected chi connectivity index (χ3v) is 4.94. The van der Waals surface area contributed by atoms with Gasteiger partial charge in [0.1, 0.15) is 0 Å². The van der Waals surface area contributed by atoms with Crippen molar-refractivity contribution in [2.75, 3.05) is 23.3 Å². The zero-order chi connectivity index (χ0) is 19.2. The van der Waals surface area contributed by atoms with Crippen LogP contribution in [0.2, 0.25) is 0 Å². The molecule has 1 aliphatic heterocycles. The second-order valence-corrected chi connectivity index (χ2v) is 6.95. The van der Waals surface area contributed by atoms with Crippen LogP contribution in [0.1, 0.15) is 36.0 Å². The van der Waals surface area contributed by atoms with Gasteiger partial charge in [0.05, 0.1) is 11.3 Å². The highest BCUT2D eigenvalue weighted by atomic mass is 16.1. The van der Waals surface area contributed by atoms with Gasteiger partial charge in [0, 0.05) is 36.7 Å². The van der Waals surface area contributed by atoms with E-state index in [0.717, 1.165) is 35.9 Å². The van der Waals surface area contributed by atoms with Crippen LogP contribution in [0.5, 0.6) is 0 Å². The van der Waals surface area contributed by atoms with E-state index in [9.17, 15) is 4.79 Å². The lowest BCUT2D eigenvalue weighted by molar-refractivity contribution is 0.102. The van der Waals surface area contributed by atoms with Crippen LogP contribution in [0.25, 0.3) is 11.3 Å². The normalized spacial score (nSPS) is 14.4. The molecule has 0 spiro atoms. The summed E-state index contributed by atoms with van der Waals surface area (Å²) in [5.41, 5.74) is 3.05. The van der Waals surface area contributed by atoms with Crippen molar-refractivity contribution in [3.63, 3.8) is 0 Å². The number of rotatable bonds is 4. The van der Waals surface area contributed by atoms with Gasteiger partial charge in [-0.1, -0.05) is 25.0 Å². The van der Waals surface area contributed by atoms with Crippen molar-refractivity contribution in [2.24, 2.45) is 0 Å². The van der Waals surface area contributed by atoms with Crippen molar-refractivity contribution >= 4 is 17.4 Å². The molecule has 6 nitrogen and oxygen atoms in total. The molecule has 1 saturated heterocycles. The summed E-state index contributed by atoms with van der Waals surface area (Å²) < 4.78 is 0. The van der Waals surface area contributed by atoms with E-state index in [4.69, 9.17) is 0 Å². The second kappa shape index (κ2) is 8.61. The van der Waals surface area contributed by atoms with Crippen LogP contribution in [0.3, 0.4) is 0 Å². The molecule has 0 unspecified atom stereocenters. The smallest absolute Gasteiger partial charge is 0.257 e. The lowest BCUT2D eigenvalue weighted by atomic mass is 10.1. The van der Waals surface area contributed by atoms with Crippen molar-refractivity contribution < 1.29 is 4.79 Å². The Bertz CT molecular complexity index is 902. The van der Waals surface area contributed by atoms with Gasteiger partial charge in [0.2, 0.25) is 0 Å². The molecule has 3 aromatic rings.